The van der Waals surface area contributed by atoms with E-state index in [0.29, 0.717) is 6.07 Å². The molecule has 8 heteroatoms. The molecule has 0 atom stereocenters. The minimum Gasteiger partial charge on any atom is -0.503 e. The largest absolute Gasteiger partial charge is 0.573 e. The summed E-state index contributed by atoms with van der Waals surface area (Å²) in [6.07, 6.45) is -5.01. The summed E-state index contributed by atoms with van der Waals surface area (Å²) < 4.78 is 51.4. The third-order valence-corrected chi connectivity index (χ3v) is 1.60. The van der Waals surface area contributed by atoms with Crippen LogP contribution in [0.5, 0.6) is 11.5 Å². The Morgan fingerprint density at radius 2 is 2.00 bits per heavy atom. The topological polar surface area (TPSA) is 62.6 Å². The van der Waals surface area contributed by atoms with Crippen molar-refractivity contribution in [3.63, 3.8) is 0 Å². The Morgan fingerprint density at radius 3 is 2.44 bits per heavy atom. The van der Waals surface area contributed by atoms with Gasteiger partial charge in [-0.15, -0.1) is 13.2 Å². The summed E-state index contributed by atoms with van der Waals surface area (Å²) in [6.45, 7) is -1.96. The molecule has 2 N–H and O–H groups in total. The van der Waals surface area contributed by atoms with Gasteiger partial charge in [0.05, 0.1) is 12.3 Å². The van der Waals surface area contributed by atoms with Crippen molar-refractivity contribution in [2.24, 2.45) is 0 Å². The van der Waals surface area contributed by atoms with E-state index in [1.165, 1.54) is 0 Å². The fourth-order valence-electron chi connectivity index (χ4n) is 0.997. The van der Waals surface area contributed by atoms with Gasteiger partial charge in [-0.3, -0.25) is 0 Å². The van der Waals surface area contributed by atoms with Crippen molar-refractivity contribution in [2.75, 3.05) is 0 Å². The van der Waals surface area contributed by atoms with Crippen LogP contribution < -0.4 is 4.74 Å². The zero-order valence-corrected chi connectivity index (χ0v) is 7.75. The van der Waals surface area contributed by atoms with Gasteiger partial charge in [-0.2, -0.15) is 0 Å². The Balaban J connectivity index is 3.16. The fraction of sp³-hybridized carbons (Fsp3) is 0.375. The van der Waals surface area contributed by atoms with Crippen molar-refractivity contribution in [1.29, 1.82) is 0 Å². The molecule has 0 saturated carbocycles. The molecular formula is C8H7F4NO3. The normalized spacial score (nSPS) is 11.6. The number of ether oxygens (including phenoxy) is 1. The minimum absolute atomic E-state index is 0.232. The number of nitrogens with zero attached hydrogens (tertiary/aromatic N) is 1. The van der Waals surface area contributed by atoms with E-state index in [2.05, 4.69) is 9.72 Å². The van der Waals surface area contributed by atoms with Crippen molar-refractivity contribution in [1.82, 2.24) is 4.98 Å². The maximum atomic E-state index is 12.3. The lowest BCUT2D eigenvalue weighted by Gasteiger charge is -2.12. The number of hydrogen-bond donors (Lipinski definition) is 2. The van der Waals surface area contributed by atoms with Crippen LogP contribution >= 0.6 is 0 Å². The second-order valence-corrected chi connectivity index (χ2v) is 2.75. The molecule has 0 radical (unpaired) electrons. The summed E-state index contributed by atoms with van der Waals surface area (Å²) in [5.74, 6) is -2.02. The van der Waals surface area contributed by atoms with Gasteiger partial charge < -0.3 is 14.9 Å². The van der Waals surface area contributed by atoms with Crippen molar-refractivity contribution >= 4 is 0 Å². The summed E-state index contributed by atoms with van der Waals surface area (Å²) in [5, 5.41) is 17.8. The van der Waals surface area contributed by atoms with Crippen LogP contribution in [0.1, 0.15) is 11.4 Å². The van der Waals surface area contributed by atoms with E-state index in [1.807, 2.05) is 0 Å². The lowest BCUT2D eigenvalue weighted by Crippen LogP contribution is -2.18. The van der Waals surface area contributed by atoms with Gasteiger partial charge in [0.2, 0.25) is 0 Å². The second kappa shape index (κ2) is 4.52. The maximum absolute atomic E-state index is 12.3. The molecule has 1 aromatic heterocycles. The number of aliphatic hydroxyl groups excluding tert-OH is 1. The minimum atomic E-state index is -5.01. The molecule has 4 nitrogen and oxygen atoms in total. The summed E-state index contributed by atoms with van der Waals surface area (Å²) in [6, 6.07) is 0.683. The second-order valence-electron chi connectivity index (χ2n) is 2.75. The smallest absolute Gasteiger partial charge is 0.503 e. The van der Waals surface area contributed by atoms with E-state index in [9.17, 15) is 17.6 Å². The van der Waals surface area contributed by atoms with Crippen LogP contribution in [0, 0.1) is 0 Å². The fourth-order valence-corrected chi connectivity index (χ4v) is 0.997. The van der Waals surface area contributed by atoms with Crippen molar-refractivity contribution in [3.8, 4) is 11.5 Å². The first-order valence-corrected chi connectivity index (χ1v) is 4.01. The molecule has 0 fully saturated rings. The monoisotopic (exact) mass is 241 g/mol. The van der Waals surface area contributed by atoms with E-state index in [4.69, 9.17) is 10.2 Å². The molecule has 0 aliphatic heterocycles. The SMILES string of the molecule is OCc1cc(OC(F)(F)F)c(O)c(CF)n1. The molecular weight excluding hydrogens is 234 g/mol. The number of pyridine rings is 1. The van der Waals surface area contributed by atoms with Gasteiger partial charge in [-0.25, -0.2) is 9.37 Å². The Morgan fingerprint density at radius 1 is 1.38 bits per heavy atom. The molecule has 0 aromatic carbocycles. The van der Waals surface area contributed by atoms with Crippen LogP contribution in [-0.2, 0) is 13.3 Å². The van der Waals surface area contributed by atoms with E-state index < -0.39 is 36.8 Å². The molecule has 90 valence electrons. The number of aromatic nitrogens is 1. The number of halogens is 4. The van der Waals surface area contributed by atoms with E-state index in [1.54, 1.807) is 0 Å². The van der Waals surface area contributed by atoms with Gasteiger partial charge in [-0.05, 0) is 0 Å². The van der Waals surface area contributed by atoms with Crippen LogP contribution in [0.4, 0.5) is 17.6 Å². The van der Waals surface area contributed by atoms with Gasteiger partial charge in [-0.1, -0.05) is 0 Å². The first-order valence-electron chi connectivity index (χ1n) is 4.01. The summed E-state index contributed by atoms with van der Waals surface area (Å²) in [5.41, 5.74) is -0.851. The Bertz CT molecular complexity index is 380. The van der Waals surface area contributed by atoms with E-state index in [0.717, 1.165) is 0 Å². The Labute approximate surface area is 87.1 Å². The number of hydrogen-bond acceptors (Lipinski definition) is 4. The molecule has 0 saturated heterocycles. The quantitative estimate of drug-likeness (QED) is 0.790. The van der Waals surface area contributed by atoms with Crippen molar-refractivity contribution < 1.29 is 32.5 Å². The van der Waals surface area contributed by atoms with Crippen LogP contribution in [0.2, 0.25) is 0 Å². The third-order valence-electron chi connectivity index (χ3n) is 1.60. The number of aromatic hydroxyl groups is 1. The van der Waals surface area contributed by atoms with Gasteiger partial charge in [0.15, 0.2) is 11.5 Å². The first kappa shape index (κ1) is 12.5. The predicted octanol–water partition coefficient (Wildman–Crippen LogP) is 1.65. The van der Waals surface area contributed by atoms with Gasteiger partial charge in [0.1, 0.15) is 12.4 Å². The average Bonchev–Trinajstić information content (AvgIpc) is 2.19. The summed E-state index contributed by atoms with van der Waals surface area (Å²) in [4.78, 5) is 3.38. The zero-order valence-electron chi connectivity index (χ0n) is 7.75. The molecule has 0 aliphatic rings. The van der Waals surface area contributed by atoms with E-state index in [-0.39, 0.29) is 5.69 Å². The number of aliphatic hydroxyl groups is 1. The summed E-state index contributed by atoms with van der Waals surface area (Å²) >= 11 is 0. The molecule has 1 rings (SSSR count). The lowest BCUT2D eigenvalue weighted by atomic mass is 10.2. The van der Waals surface area contributed by atoms with Gasteiger partial charge in [0, 0.05) is 6.07 Å². The van der Waals surface area contributed by atoms with Crippen LogP contribution in [0.3, 0.4) is 0 Å². The molecule has 0 bridgehead atoms. The zero-order chi connectivity index (χ0) is 12.3. The molecule has 0 aliphatic carbocycles. The van der Waals surface area contributed by atoms with Gasteiger partial charge >= 0.3 is 6.36 Å². The standard InChI is InChI=1S/C8H7F4NO3/c9-2-5-7(15)6(16-8(10,11)12)1-4(3-14)13-5/h1,14-15H,2-3H2. The molecule has 0 amide bonds. The molecule has 0 unspecified atom stereocenters. The molecule has 16 heavy (non-hydrogen) atoms. The van der Waals surface area contributed by atoms with E-state index >= 15 is 0 Å². The van der Waals surface area contributed by atoms with Crippen LogP contribution in [0.15, 0.2) is 6.07 Å². The van der Waals surface area contributed by atoms with Crippen molar-refractivity contribution in [3.05, 3.63) is 17.5 Å². The predicted molar refractivity (Wildman–Crippen MR) is 43.3 cm³/mol. The van der Waals surface area contributed by atoms with Gasteiger partial charge in [0.25, 0.3) is 0 Å². The highest BCUT2D eigenvalue weighted by Gasteiger charge is 2.33. The lowest BCUT2D eigenvalue weighted by molar-refractivity contribution is -0.275. The Kier molecular flexibility index (Phi) is 3.53. The highest BCUT2D eigenvalue weighted by Crippen LogP contribution is 2.34. The van der Waals surface area contributed by atoms with Crippen molar-refractivity contribution in [2.45, 2.75) is 19.6 Å². The number of alkyl halides is 4. The maximum Gasteiger partial charge on any atom is 0.573 e. The highest BCUT2D eigenvalue weighted by molar-refractivity contribution is 5.43. The molecule has 1 aromatic rings. The van der Waals surface area contributed by atoms with Crippen LogP contribution in [0.25, 0.3) is 0 Å². The first-order chi connectivity index (χ1) is 7.37. The highest BCUT2D eigenvalue weighted by atomic mass is 19.4. The number of rotatable bonds is 3. The molecule has 1 heterocycles. The third kappa shape index (κ3) is 2.96. The average molecular weight is 241 g/mol. The Hall–Kier alpha value is -1.57. The molecule has 0 spiro atoms. The van der Waals surface area contributed by atoms with Crippen LogP contribution in [-0.4, -0.2) is 21.6 Å². The summed E-state index contributed by atoms with van der Waals surface area (Å²) in [7, 11) is 0.